The van der Waals surface area contributed by atoms with Gasteiger partial charge in [-0.2, -0.15) is 9.49 Å². The van der Waals surface area contributed by atoms with Crippen LogP contribution in [-0.4, -0.2) is 38.4 Å². The van der Waals surface area contributed by atoms with Gasteiger partial charge in [0.1, 0.15) is 6.61 Å². The van der Waals surface area contributed by atoms with E-state index in [2.05, 4.69) is 15.4 Å². The van der Waals surface area contributed by atoms with Gasteiger partial charge in [0, 0.05) is 13.1 Å². The number of hydrogen-bond donors (Lipinski definition) is 1. The van der Waals surface area contributed by atoms with Crippen LogP contribution in [0.15, 0.2) is 30.6 Å². The number of aryl methyl sites for hydroxylation is 1. The Morgan fingerprint density at radius 1 is 1.38 bits per heavy atom. The summed E-state index contributed by atoms with van der Waals surface area (Å²) >= 11 is 0. The average molecular weight is 329 g/mol. The van der Waals surface area contributed by atoms with Crippen LogP contribution in [0, 0.1) is 5.82 Å². The Morgan fingerprint density at radius 3 is 3.12 bits per heavy atom. The van der Waals surface area contributed by atoms with Gasteiger partial charge in [-0.15, -0.1) is 0 Å². The smallest absolute Gasteiger partial charge is 0.275 e. The van der Waals surface area contributed by atoms with E-state index in [0.29, 0.717) is 32.7 Å². The molecule has 24 heavy (non-hydrogen) atoms. The molecule has 0 saturated carbocycles. The third-order valence-electron chi connectivity index (χ3n) is 4.00. The van der Waals surface area contributed by atoms with E-state index < -0.39 is 11.7 Å². The molecule has 8 heteroatoms. The van der Waals surface area contributed by atoms with Crippen molar-refractivity contribution in [2.24, 2.45) is 0 Å². The minimum absolute atomic E-state index is 0.0463. The Bertz CT molecular complexity index is 901. The molecule has 7 nitrogen and oxygen atoms in total. The molecule has 3 heterocycles. The Morgan fingerprint density at radius 2 is 2.25 bits per heavy atom. The summed E-state index contributed by atoms with van der Waals surface area (Å²) in [6.07, 6.45) is 2.49. The van der Waals surface area contributed by atoms with E-state index in [4.69, 9.17) is 4.74 Å². The Labute approximate surface area is 137 Å². The fourth-order valence-electron chi connectivity index (χ4n) is 2.81. The monoisotopic (exact) mass is 329 g/mol. The van der Waals surface area contributed by atoms with Crippen LogP contribution in [0.4, 0.5) is 4.39 Å². The second kappa shape index (κ2) is 5.95. The van der Waals surface area contributed by atoms with Crippen LogP contribution in [0.3, 0.4) is 0 Å². The van der Waals surface area contributed by atoms with E-state index in [0.717, 1.165) is 11.0 Å². The number of ether oxygens (including phenoxy) is 1. The summed E-state index contributed by atoms with van der Waals surface area (Å²) in [7, 11) is 0. The molecule has 0 unspecified atom stereocenters. The largest absolute Gasteiger partial charge is 0.474 e. The first kappa shape index (κ1) is 14.7. The lowest BCUT2D eigenvalue weighted by molar-refractivity contribution is 0.0942. The van der Waals surface area contributed by atoms with E-state index in [1.807, 2.05) is 28.8 Å². The highest BCUT2D eigenvalue weighted by atomic mass is 19.1. The predicted molar refractivity (Wildman–Crippen MR) is 84.4 cm³/mol. The summed E-state index contributed by atoms with van der Waals surface area (Å²) in [5.74, 6) is -1.16. The average Bonchev–Trinajstić information content (AvgIpc) is 3.28. The summed E-state index contributed by atoms with van der Waals surface area (Å²) in [5.41, 5.74) is 1.78. The lowest BCUT2D eigenvalue weighted by Gasteiger charge is -2.05. The standard InChI is InChI=1S/C16H16FN5O2/c17-13-14(20-22-8-9-24-16(13)22)15(23)18-6-3-7-21-10-19-11-4-1-2-5-12(11)21/h1-2,4-5,10H,3,6-9H2,(H,18,23). The van der Waals surface area contributed by atoms with Gasteiger partial charge in [0.05, 0.1) is 23.9 Å². The molecule has 0 spiro atoms. The maximum absolute atomic E-state index is 14.0. The molecular weight excluding hydrogens is 313 g/mol. The molecule has 1 aliphatic heterocycles. The molecule has 0 atom stereocenters. The first-order chi connectivity index (χ1) is 11.7. The molecule has 1 aliphatic rings. The maximum Gasteiger partial charge on any atom is 0.275 e. The number of nitrogens with one attached hydrogen (secondary N) is 1. The highest BCUT2D eigenvalue weighted by Crippen LogP contribution is 2.24. The predicted octanol–water partition coefficient (Wildman–Crippen LogP) is 1.58. The number of para-hydroxylation sites is 2. The lowest BCUT2D eigenvalue weighted by atomic mass is 10.3. The first-order valence-electron chi connectivity index (χ1n) is 7.81. The maximum atomic E-state index is 14.0. The minimum atomic E-state index is -0.689. The van der Waals surface area contributed by atoms with Crippen LogP contribution in [-0.2, 0) is 13.1 Å². The number of halogens is 1. The van der Waals surface area contributed by atoms with Crippen molar-refractivity contribution in [1.29, 1.82) is 0 Å². The summed E-state index contributed by atoms with van der Waals surface area (Å²) in [4.78, 5) is 16.4. The van der Waals surface area contributed by atoms with Crippen molar-refractivity contribution in [1.82, 2.24) is 24.6 Å². The third kappa shape index (κ3) is 2.49. The molecule has 0 bridgehead atoms. The normalized spacial score (nSPS) is 13.0. The van der Waals surface area contributed by atoms with E-state index in [-0.39, 0.29) is 11.6 Å². The summed E-state index contributed by atoms with van der Waals surface area (Å²) in [6.45, 7) is 1.99. The SMILES string of the molecule is O=C(NCCCn1cnc2ccccc21)c1nn2c(c1F)OCC2. The zero-order chi connectivity index (χ0) is 16.5. The topological polar surface area (TPSA) is 74.0 Å². The number of imidazole rings is 1. The number of benzene rings is 1. The third-order valence-corrected chi connectivity index (χ3v) is 4.00. The molecule has 2 aromatic heterocycles. The van der Waals surface area contributed by atoms with Gasteiger partial charge in [-0.05, 0) is 18.6 Å². The van der Waals surface area contributed by atoms with Crippen molar-refractivity contribution in [2.75, 3.05) is 13.2 Å². The molecule has 0 saturated heterocycles. The van der Waals surface area contributed by atoms with Crippen molar-refractivity contribution in [2.45, 2.75) is 19.5 Å². The van der Waals surface area contributed by atoms with Gasteiger partial charge in [0.25, 0.3) is 5.91 Å². The zero-order valence-corrected chi connectivity index (χ0v) is 12.9. The molecule has 0 aliphatic carbocycles. The summed E-state index contributed by atoms with van der Waals surface area (Å²) < 4.78 is 22.5. The van der Waals surface area contributed by atoms with E-state index in [1.54, 1.807) is 6.33 Å². The van der Waals surface area contributed by atoms with Gasteiger partial charge in [-0.3, -0.25) is 4.79 Å². The Hall–Kier alpha value is -2.90. The second-order valence-corrected chi connectivity index (χ2v) is 5.58. The number of rotatable bonds is 5. The molecule has 0 radical (unpaired) electrons. The van der Waals surface area contributed by atoms with Gasteiger partial charge in [0.15, 0.2) is 5.69 Å². The molecular formula is C16H16FN5O2. The van der Waals surface area contributed by atoms with E-state index in [1.165, 1.54) is 4.68 Å². The molecule has 1 aromatic carbocycles. The number of hydrogen-bond acceptors (Lipinski definition) is 4. The molecule has 4 rings (SSSR count). The fourth-order valence-corrected chi connectivity index (χ4v) is 2.81. The zero-order valence-electron chi connectivity index (χ0n) is 12.9. The molecule has 1 N–H and O–H groups in total. The van der Waals surface area contributed by atoms with Gasteiger partial charge in [0.2, 0.25) is 11.7 Å². The number of aromatic nitrogens is 4. The Kier molecular flexibility index (Phi) is 3.64. The number of nitrogens with zero attached hydrogens (tertiary/aromatic N) is 4. The van der Waals surface area contributed by atoms with Crippen LogP contribution < -0.4 is 10.1 Å². The van der Waals surface area contributed by atoms with E-state index in [9.17, 15) is 9.18 Å². The molecule has 124 valence electrons. The summed E-state index contributed by atoms with van der Waals surface area (Å²) in [5, 5.41) is 6.64. The van der Waals surface area contributed by atoms with Gasteiger partial charge >= 0.3 is 0 Å². The van der Waals surface area contributed by atoms with Gasteiger partial charge < -0.3 is 14.6 Å². The summed E-state index contributed by atoms with van der Waals surface area (Å²) in [6, 6.07) is 7.87. The van der Waals surface area contributed by atoms with Crippen LogP contribution in [0.5, 0.6) is 5.88 Å². The van der Waals surface area contributed by atoms with Crippen LogP contribution >= 0.6 is 0 Å². The van der Waals surface area contributed by atoms with Crippen molar-refractivity contribution < 1.29 is 13.9 Å². The van der Waals surface area contributed by atoms with Gasteiger partial charge in [-0.1, -0.05) is 12.1 Å². The molecule has 0 fully saturated rings. The molecule has 1 amide bonds. The number of amides is 1. The van der Waals surface area contributed by atoms with Crippen LogP contribution in [0.1, 0.15) is 16.9 Å². The second-order valence-electron chi connectivity index (χ2n) is 5.58. The minimum Gasteiger partial charge on any atom is -0.474 e. The molecule has 3 aromatic rings. The number of carbonyl (C=O) groups excluding carboxylic acids is 1. The Balaban J connectivity index is 1.33. The number of carbonyl (C=O) groups is 1. The van der Waals surface area contributed by atoms with Crippen molar-refractivity contribution in [3.63, 3.8) is 0 Å². The number of fused-ring (bicyclic) bond motifs is 2. The lowest BCUT2D eigenvalue weighted by Crippen LogP contribution is -2.26. The van der Waals surface area contributed by atoms with Gasteiger partial charge in [-0.25, -0.2) is 9.67 Å². The highest BCUT2D eigenvalue weighted by molar-refractivity contribution is 5.92. The van der Waals surface area contributed by atoms with Crippen LogP contribution in [0.2, 0.25) is 0 Å². The quantitative estimate of drug-likeness (QED) is 0.721. The fraction of sp³-hybridized carbons (Fsp3) is 0.312. The highest BCUT2D eigenvalue weighted by Gasteiger charge is 2.27. The van der Waals surface area contributed by atoms with Crippen molar-refractivity contribution in [3.8, 4) is 5.88 Å². The van der Waals surface area contributed by atoms with Crippen molar-refractivity contribution >= 4 is 16.9 Å². The van der Waals surface area contributed by atoms with E-state index >= 15 is 0 Å². The van der Waals surface area contributed by atoms with Crippen molar-refractivity contribution in [3.05, 3.63) is 42.1 Å². The first-order valence-corrected chi connectivity index (χ1v) is 7.81. The van der Waals surface area contributed by atoms with Crippen LogP contribution in [0.25, 0.3) is 11.0 Å².